The molecule has 0 aliphatic carbocycles. The Hall–Kier alpha value is -9.63. The third-order valence-corrected chi connectivity index (χ3v) is 12.0. The van der Waals surface area contributed by atoms with Gasteiger partial charge < -0.3 is 38.1 Å². The summed E-state index contributed by atoms with van der Waals surface area (Å²) in [6, 6.07) is 48.8. The summed E-state index contributed by atoms with van der Waals surface area (Å²) >= 11 is 0. The molecule has 0 aliphatic heterocycles. The van der Waals surface area contributed by atoms with Crippen molar-refractivity contribution in [2.24, 2.45) is 0 Å². The number of hydrogen-bond donors (Lipinski definition) is 0. The molecule has 0 saturated carbocycles. The van der Waals surface area contributed by atoms with E-state index in [0.29, 0.717) is 82.6 Å². The van der Waals surface area contributed by atoms with Gasteiger partial charge in [-0.05, 0) is 173 Å². The Bertz CT molecular complexity index is 3170. The molecular formula is C68H71NO14. The lowest BCUT2D eigenvalue weighted by molar-refractivity contribution is -0.137. The fourth-order valence-corrected chi connectivity index (χ4v) is 7.51. The van der Waals surface area contributed by atoms with Crippen molar-refractivity contribution in [2.45, 2.75) is 73.6 Å². The van der Waals surface area contributed by atoms with E-state index in [-0.39, 0.29) is 11.8 Å². The minimum atomic E-state index is -0.551. The fraction of sp³-hybridized carbons (Fsp3) is 0.250. The van der Waals surface area contributed by atoms with Gasteiger partial charge in [-0.3, -0.25) is 4.79 Å². The van der Waals surface area contributed by atoms with Gasteiger partial charge in [0.2, 0.25) is 0 Å². The number of nitrogens with zero attached hydrogens (tertiary/aromatic N) is 1. The molecule has 0 heterocycles. The monoisotopic (exact) mass is 1130 g/mol. The van der Waals surface area contributed by atoms with Crippen molar-refractivity contribution >= 4 is 53.4 Å². The zero-order chi connectivity index (χ0) is 59.8. The SMILES string of the molecule is CCCCCOc1ccc(OC(=O)c2ccc(/C=C/C(=O)OCC)cc2)cc1.CCCOC(=O)c1ccc(OC(=O)c2ccc(C(=O)c3ccccc3)cc2)cc1.CCCOC(=O)c1ccc(OC(=O)c2ccc(N(CC)CC)cc2)cc1. The molecule has 0 aliphatic rings. The first-order valence-corrected chi connectivity index (χ1v) is 27.7. The summed E-state index contributed by atoms with van der Waals surface area (Å²) in [5.41, 5.74) is 4.98. The maximum absolute atomic E-state index is 12.4. The number of carbonyl (C=O) groups excluding carboxylic acids is 7. The molecule has 0 amide bonds. The second-order valence-corrected chi connectivity index (χ2v) is 18.2. The van der Waals surface area contributed by atoms with E-state index in [9.17, 15) is 33.6 Å². The molecule has 7 aromatic rings. The molecule has 0 unspecified atom stereocenters. The first-order valence-electron chi connectivity index (χ1n) is 27.7. The van der Waals surface area contributed by atoms with Crippen molar-refractivity contribution in [3.05, 3.63) is 227 Å². The zero-order valence-electron chi connectivity index (χ0n) is 47.8. The summed E-state index contributed by atoms with van der Waals surface area (Å²) < 4.78 is 36.7. The first-order chi connectivity index (χ1) is 40.3. The van der Waals surface area contributed by atoms with Crippen molar-refractivity contribution in [2.75, 3.05) is 44.4 Å². The molecule has 7 rings (SSSR count). The number of esters is 6. The van der Waals surface area contributed by atoms with Crippen molar-refractivity contribution < 1.29 is 66.7 Å². The van der Waals surface area contributed by atoms with Gasteiger partial charge in [0.05, 0.1) is 54.2 Å². The number of ketones is 1. The summed E-state index contributed by atoms with van der Waals surface area (Å²) in [5, 5.41) is 0. The van der Waals surface area contributed by atoms with E-state index >= 15 is 0 Å². The summed E-state index contributed by atoms with van der Waals surface area (Å²) in [5.74, 6) is -0.827. The van der Waals surface area contributed by atoms with Crippen LogP contribution < -0.4 is 23.8 Å². The van der Waals surface area contributed by atoms with Crippen LogP contribution in [0, 0.1) is 0 Å². The van der Waals surface area contributed by atoms with Gasteiger partial charge in [-0.2, -0.15) is 0 Å². The number of anilines is 1. The molecule has 432 valence electrons. The normalized spacial score (nSPS) is 10.4. The van der Waals surface area contributed by atoms with E-state index in [1.54, 1.807) is 159 Å². The van der Waals surface area contributed by atoms with Gasteiger partial charge in [-0.25, -0.2) is 28.8 Å². The number of ether oxygens (including phenoxy) is 7. The highest BCUT2D eigenvalue weighted by atomic mass is 16.6. The number of rotatable bonds is 25. The maximum Gasteiger partial charge on any atom is 0.343 e. The number of carbonyl (C=O) groups is 7. The summed E-state index contributed by atoms with van der Waals surface area (Å²) in [6.45, 7) is 15.5. The molecule has 0 radical (unpaired) electrons. The molecule has 15 nitrogen and oxygen atoms in total. The molecule has 0 N–H and O–H groups in total. The number of hydrogen-bond acceptors (Lipinski definition) is 15. The molecular weight excluding hydrogens is 1050 g/mol. The Labute approximate surface area is 485 Å². The lowest BCUT2D eigenvalue weighted by Gasteiger charge is -2.20. The minimum Gasteiger partial charge on any atom is -0.494 e. The standard InChI is InChI=1S/C24H20O5.C23H26O5.C21H25NO4/c1-2-16-28-23(26)19-12-14-21(15-13-19)29-24(27)20-10-8-18(9-11-20)22(25)17-6-4-3-5-7-17;1-3-5-6-17-27-20-12-14-21(15-13-20)28-23(25)19-10-7-18(8-11-19)9-16-22(24)26-4-2;1-4-15-25-20(23)16-9-13-19(14-10-16)26-21(24)17-7-11-18(12-8-17)22(5-2)6-3/h3-15H,2,16H2,1H3;7-16H,3-6,17H2,1-2H3;7-14H,4-6,15H2,1-3H3/b;16-9+;. The number of unbranched alkanes of at least 4 members (excludes halogenated alkanes) is 2. The van der Waals surface area contributed by atoms with Crippen LogP contribution in [0.1, 0.15) is 147 Å². The molecule has 0 atom stereocenters. The zero-order valence-corrected chi connectivity index (χ0v) is 47.8. The maximum atomic E-state index is 12.4. The second-order valence-electron chi connectivity index (χ2n) is 18.2. The van der Waals surface area contributed by atoms with Crippen LogP contribution in [-0.2, 0) is 19.0 Å². The second kappa shape index (κ2) is 35.2. The van der Waals surface area contributed by atoms with Gasteiger partial charge in [-0.1, -0.05) is 88.2 Å². The summed E-state index contributed by atoms with van der Waals surface area (Å²) in [6.07, 6.45) is 7.83. The van der Waals surface area contributed by atoms with Crippen molar-refractivity contribution in [3.63, 3.8) is 0 Å². The van der Waals surface area contributed by atoms with E-state index in [1.165, 1.54) is 18.2 Å². The highest BCUT2D eigenvalue weighted by molar-refractivity contribution is 6.09. The molecule has 0 bridgehead atoms. The fourth-order valence-electron chi connectivity index (χ4n) is 7.51. The van der Waals surface area contributed by atoms with Crippen molar-refractivity contribution in [3.8, 4) is 23.0 Å². The first kappa shape index (κ1) is 64.2. The molecule has 7 aromatic carbocycles. The predicted molar refractivity (Wildman–Crippen MR) is 319 cm³/mol. The van der Waals surface area contributed by atoms with Crippen LogP contribution in [0.5, 0.6) is 23.0 Å². The van der Waals surface area contributed by atoms with Gasteiger partial charge in [0.1, 0.15) is 23.0 Å². The highest BCUT2D eigenvalue weighted by Gasteiger charge is 2.16. The Balaban J connectivity index is 0.000000228. The predicted octanol–water partition coefficient (Wildman–Crippen LogP) is 14.1. The Morgan fingerprint density at radius 2 is 0.759 bits per heavy atom. The minimum absolute atomic E-state index is 0.115. The van der Waals surface area contributed by atoms with E-state index in [0.717, 1.165) is 62.2 Å². The average Bonchev–Trinajstić information content (AvgIpc) is 3.64. The van der Waals surface area contributed by atoms with Crippen molar-refractivity contribution in [1.82, 2.24) is 0 Å². The molecule has 0 fully saturated rings. The van der Waals surface area contributed by atoms with Crippen LogP contribution in [0.4, 0.5) is 5.69 Å². The van der Waals surface area contributed by atoms with Gasteiger partial charge in [-0.15, -0.1) is 0 Å². The van der Waals surface area contributed by atoms with Crippen LogP contribution in [-0.4, -0.2) is 81.1 Å². The highest BCUT2D eigenvalue weighted by Crippen LogP contribution is 2.22. The van der Waals surface area contributed by atoms with Crippen molar-refractivity contribution in [1.29, 1.82) is 0 Å². The Morgan fingerprint density at radius 3 is 1.19 bits per heavy atom. The molecule has 83 heavy (non-hydrogen) atoms. The summed E-state index contributed by atoms with van der Waals surface area (Å²) in [4.78, 5) is 86.3. The van der Waals surface area contributed by atoms with Crippen LogP contribution in [0.15, 0.2) is 182 Å². The van der Waals surface area contributed by atoms with E-state index in [4.69, 9.17) is 33.2 Å². The quantitative estimate of drug-likeness (QED) is 0.0131. The van der Waals surface area contributed by atoms with Crippen LogP contribution in [0.25, 0.3) is 6.08 Å². The van der Waals surface area contributed by atoms with Gasteiger partial charge in [0.15, 0.2) is 5.78 Å². The van der Waals surface area contributed by atoms with E-state index in [1.807, 2.05) is 32.0 Å². The van der Waals surface area contributed by atoms with Gasteiger partial charge >= 0.3 is 35.8 Å². The number of benzene rings is 7. The third-order valence-electron chi connectivity index (χ3n) is 12.0. The van der Waals surface area contributed by atoms with Crippen LogP contribution in [0.3, 0.4) is 0 Å². The Morgan fingerprint density at radius 1 is 0.373 bits per heavy atom. The average molecular weight is 1130 g/mol. The van der Waals surface area contributed by atoms with Gasteiger partial charge in [0.25, 0.3) is 0 Å². The Kier molecular flexibility index (Phi) is 27.2. The molecule has 0 aromatic heterocycles. The van der Waals surface area contributed by atoms with Crippen LogP contribution in [0.2, 0.25) is 0 Å². The lowest BCUT2D eigenvalue weighted by atomic mass is 10.0. The largest absolute Gasteiger partial charge is 0.494 e. The molecule has 0 saturated heterocycles. The summed E-state index contributed by atoms with van der Waals surface area (Å²) in [7, 11) is 0. The topological polar surface area (TPSA) is 187 Å². The molecule has 15 heteroatoms. The van der Waals surface area contributed by atoms with Gasteiger partial charge in [0, 0.05) is 36.0 Å². The van der Waals surface area contributed by atoms with Crippen LogP contribution >= 0.6 is 0 Å². The van der Waals surface area contributed by atoms with E-state index < -0.39 is 29.8 Å². The van der Waals surface area contributed by atoms with E-state index in [2.05, 4.69) is 25.7 Å². The smallest absolute Gasteiger partial charge is 0.343 e. The molecule has 0 spiro atoms. The lowest BCUT2D eigenvalue weighted by Crippen LogP contribution is -2.21. The third kappa shape index (κ3) is 21.7.